The zero-order valence-electron chi connectivity index (χ0n) is 11.8. The van der Waals surface area contributed by atoms with Crippen LogP contribution in [0.3, 0.4) is 0 Å². The Hall–Kier alpha value is -1.99. The first-order chi connectivity index (χ1) is 10.7. The summed E-state index contributed by atoms with van der Waals surface area (Å²) in [5, 5.41) is 9.26. The first-order valence-electron chi connectivity index (χ1n) is 6.69. The normalized spacial score (nSPS) is 14.8. The highest BCUT2D eigenvalue weighted by molar-refractivity contribution is 5.64. The molecule has 0 radical (unpaired) electrons. The second kappa shape index (κ2) is 6.64. The molecule has 0 aliphatic heterocycles. The van der Waals surface area contributed by atoms with E-state index in [-0.39, 0.29) is 11.1 Å². The van der Waals surface area contributed by atoms with Crippen molar-refractivity contribution in [3.8, 4) is 11.1 Å². The molecule has 0 spiro atoms. The summed E-state index contributed by atoms with van der Waals surface area (Å²) in [4.78, 5) is 0. The third-order valence-electron chi connectivity index (χ3n) is 3.45. The van der Waals surface area contributed by atoms with Gasteiger partial charge in [0.2, 0.25) is 0 Å². The van der Waals surface area contributed by atoms with E-state index in [9.17, 15) is 27.1 Å². The molecule has 2 nitrogen and oxygen atoms in total. The molecule has 7 heteroatoms. The van der Waals surface area contributed by atoms with Crippen LogP contribution in [-0.4, -0.2) is 17.7 Å². The molecule has 2 aromatic carbocycles. The highest BCUT2D eigenvalue weighted by Gasteiger charge is 2.37. The van der Waals surface area contributed by atoms with Crippen molar-refractivity contribution >= 4 is 0 Å². The van der Waals surface area contributed by atoms with Crippen LogP contribution < -0.4 is 5.73 Å². The van der Waals surface area contributed by atoms with E-state index in [1.807, 2.05) is 0 Å². The lowest BCUT2D eigenvalue weighted by molar-refractivity contribution is -0.149. The maximum atomic E-state index is 12.5. The zero-order chi connectivity index (χ0) is 17.2. The largest absolute Gasteiger partial charge is 0.407 e. The van der Waals surface area contributed by atoms with Gasteiger partial charge in [0.1, 0.15) is 12.1 Å². The van der Waals surface area contributed by atoms with Gasteiger partial charge >= 0.3 is 6.18 Å². The van der Waals surface area contributed by atoms with Crippen LogP contribution in [0.25, 0.3) is 11.1 Å². The van der Waals surface area contributed by atoms with E-state index >= 15 is 0 Å². The van der Waals surface area contributed by atoms with E-state index in [1.54, 1.807) is 0 Å². The summed E-state index contributed by atoms with van der Waals surface area (Å²) in [6.07, 6.45) is -9.27. The molecule has 0 fully saturated rings. The minimum absolute atomic E-state index is 0.0639. The van der Waals surface area contributed by atoms with E-state index in [1.165, 1.54) is 48.5 Å². The van der Waals surface area contributed by atoms with Gasteiger partial charge < -0.3 is 10.8 Å². The van der Waals surface area contributed by atoms with Gasteiger partial charge in [0, 0.05) is 0 Å². The molecule has 0 bridgehead atoms. The quantitative estimate of drug-likeness (QED) is 0.824. The zero-order valence-corrected chi connectivity index (χ0v) is 11.8. The van der Waals surface area contributed by atoms with Crippen molar-refractivity contribution < 1.29 is 27.1 Å². The maximum Gasteiger partial charge on any atom is 0.407 e. The molecular weight excluding hydrogens is 317 g/mol. The van der Waals surface area contributed by atoms with Crippen molar-refractivity contribution in [2.75, 3.05) is 0 Å². The molecule has 0 saturated carbocycles. The SMILES string of the molecule is N[C@@H](c1ccc(-c2ccc(C(O)C(F)F)cc2)cc1)C(F)(F)F. The first-order valence-corrected chi connectivity index (χ1v) is 6.69. The van der Waals surface area contributed by atoms with Gasteiger partial charge in [-0.2, -0.15) is 13.2 Å². The predicted molar refractivity (Wildman–Crippen MR) is 75.8 cm³/mol. The fourth-order valence-electron chi connectivity index (χ4n) is 2.09. The van der Waals surface area contributed by atoms with Crippen molar-refractivity contribution in [3.63, 3.8) is 0 Å². The van der Waals surface area contributed by atoms with Crippen LogP contribution in [0.15, 0.2) is 48.5 Å². The van der Waals surface area contributed by atoms with Crippen molar-refractivity contribution in [3.05, 3.63) is 59.7 Å². The van der Waals surface area contributed by atoms with Gasteiger partial charge in [-0.25, -0.2) is 8.78 Å². The van der Waals surface area contributed by atoms with Gasteiger partial charge in [-0.3, -0.25) is 0 Å². The minimum atomic E-state index is -4.52. The Morgan fingerprint density at radius 1 is 0.783 bits per heavy atom. The summed E-state index contributed by atoms with van der Waals surface area (Å²) >= 11 is 0. The number of hydrogen-bond acceptors (Lipinski definition) is 2. The van der Waals surface area contributed by atoms with Crippen LogP contribution in [0, 0.1) is 0 Å². The smallest absolute Gasteiger partial charge is 0.382 e. The predicted octanol–water partition coefficient (Wildman–Crippen LogP) is 4.21. The number of halogens is 5. The Morgan fingerprint density at radius 2 is 1.17 bits per heavy atom. The number of hydrogen-bond donors (Lipinski definition) is 2. The first kappa shape index (κ1) is 17.4. The van der Waals surface area contributed by atoms with Crippen LogP contribution in [-0.2, 0) is 0 Å². The molecule has 0 saturated heterocycles. The number of benzene rings is 2. The molecule has 2 atom stereocenters. The van der Waals surface area contributed by atoms with Crippen LogP contribution in [0.5, 0.6) is 0 Å². The fourth-order valence-corrected chi connectivity index (χ4v) is 2.09. The lowest BCUT2D eigenvalue weighted by Crippen LogP contribution is -2.28. The molecule has 2 aromatic rings. The molecule has 0 aliphatic rings. The fraction of sp³-hybridized carbons (Fsp3) is 0.250. The minimum Gasteiger partial charge on any atom is -0.382 e. The number of nitrogens with two attached hydrogens (primary N) is 1. The molecule has 124 valence electrons. The summed E-state index contributed by atoms with van der Waals surface area (Å²) in [7, 11) is 0. The molecule has 0 amide bonds. The van der Waals surface area contributed by atoms with E-state index in [0.29, 0.717) is 11.1 Å². The van der Waals surface area contributed by atoms with Crippen LogP contribution in [0.4, 0.5) is 22.0 Å². The summed E-state index contributed by atoms with van der Waals surface area (Å²) in [5.41, 5.74) is 6.36. The van der Waals surface area contributed by atoms with Crippen molar-refractivity contribution in [2.24, 2.45) is 5.73 Å². The molecule has 2 rings (SSSR count). The van der Waals surface area contributed by atoms with E-state index in [2.05, 4.69) is 0 Å². The van der Waals surface area contributed by atoms with E-state index in [0.717, 1.165) is 0 Å². The molecule has 0 heterocycles. The summed E-state index contributed by atoms with van der Waals surface area (Å²) < 4.78 is 62.4. The Balaban J connectivity index is 2.20. The average molecular weight is 331 g/mol. The Morgan fingerprint density at radius 3 is 1.52 bits per heavy atom. The summed E-state index contributed by atoms with van der Waals surface area (Å²) in [6.45, 7) is 0. The van der Waals surface area contributed by atoms with Crippen LogP contribution >= 0.6 is 0 Å². The van der Waals surface area contributed by atoms with E-state index < -0.39 is 24.7 Å². The van der Waals surface area contributed by atoms with Gasteiger partial charge in [0.05, 0.1) is 0 Å². The molecule has 3 N–H and O–H groups in total. The third kappa shape index (κ3) is 4.05. The Bertz CT molecular complexity index is 637. The Labute approximate surface area is 129 Å². The molecule has 0 aliphatic carbocycles. The third-order valence-corrected chi connectivity index (χ3v) is 3.45. The molecule has 0 aromatic heterocycles. The monoisotopic (exact) mass is 331 g/mol. The number of aliphatic hydroxyl groups excluding tert-OH is 1. The van der Waals surface area contributed by atoms with Crippen molar-refractivity contribution in [1.82, 2.24) is 0 Å². The van der Waals surface area contributed by atoms with Gasteiger partial charge in [-0.1, -0.05) is 48.5 Å². The van der Waals surface area contributed by atoms with Crippen molar-refractivity contribution in [2.45, 2.75) is 24.7 Å². The van der Waals surface area contributed by atoms with Gasteiger partial charge in [0.25, 0.3) is 6.43 Å². The summed E-state index contributed by atoms with van der Waals surface area (Å²) in [6, 6.07) is 9.16. The molecule has 1 unspecified atom stereocenters. The lowest BCUT2D eigenvalue weighted by atomic mass is 9.99. The summed E-state index contributed by atoms with van der Waals surface area (Å²) in [5.74, 6) is 0. The lowest BCUT2D eigenvalue weighted by Gasteiger charge is -2.16. The maximum absolute atomic E-state index is 12.5. The van der Waals surface area contributed by atoms with Crippen molar-refractivity contribution in [1.29, 1.82) is 0 Å². The highest BCUT2D eigenvalue weighted by atomic mass is 19.4. The van der Waals surface area contributed by atoms with Gasteiger partial charge in [0.15, 0.2) is 0 Å². The number of rotatable bonds is 4. The van der Waals surface area contributed by atoms with Crippen LogP contribution in [0.1, 0.15) is 23.3 Å². The van der Waals surface area contributed by atoms with Gasteiger partial charge in [-0.15, -0.1) is 0 Å². The Kier molecular flexibility index (Phi) is 5.01. The second-order valence-electron chi connectivity index (χ2n) is 5.04. The number of aliphatic hydroxyl groups is 1. The average Bonchev–Trinajstić information content (AvgIpc) is 2.53. The molecular formula is C16H14F5NO. The van der Waals surface area contributed by atoms with Gasteiger partial charge in [-0.05, 0) is 22.3 Å². The van der Waals surface area contributed by atoms with E-state index in [4.69, 9.17) is 5.73 Å². The van der Waals surface area contributed by atoms with Crippen LogP contribution in [0.2, 0.25) is 0 Å². The highest BCUT2D eigenvalue weighted by Crippen LogP contribution is 2.32. The number of alkyl halides is 5. The molecule has 23 heavy (non-hydrogen) atoms. The standard InChI is InChI=1S/C16H14F5NO/c17-15(18)13(23)11-5-1-9(2-6-11)10-3-7-12(8-4-10)14(22)16(19,20)21/h1-8,13-15,23H,22H2/t13?,14-/m0/s1. The topological polar surface area (TPSA) is 46.2 Å². The second-order valence-corrected chi connectivity index (χ2v) is 5.04.